The van der Waals surface area contributed by atoms with E-state index in [1.807, 2.05) is 25.1 Å². The molecule has 0 radical (unpaired) electrons. The van der Waals surface area contributed by atoms with Gasteiger partial charge in [0.15, 0.2) is 0 Å². The first kappa shape index (κ1) is 14.9. The highest BCUT2D eigenvalue weighted by atomic mass is 16.4. The fraction of sp³-hybridized carbons (Fsp3) is 0.529. The van der Waals surface area contributed by atoms with Crippen LogP contribution in [-0.2, 0) is 4.79 Å². The summed E-state index contributed by atoms with van der Waals surface area (Å²) in [7, 11) is 0. The number of aliphatic carboxylic acids is 1. The Bertz CT molecular complexity index is 594. The molecule has 0 bridgehead atoms. The van der Waals surface area contributed by atoms with Crippen molar-refractivity contribution in [3.05, 3.63) is 29.3 Å². The third kappa shape index (κ3) is 2.80. The largest absolute Gasteiger partial charge is 0.481 e. The lowest BCUT2D eigenvalue weighted by molar-refractivity contribution is -0.141. The van der Waals surface area contributed by atoms with Crippen molar-refractivity contribution < 1.29 is 14.7 Å². The van der Waals surface area contributed by atoms with Crippen molar-refractivity contribution in [1.29, 1.82) is 0 Å². The van der Waals surface area contributed by atoms with Crippen molar-refractivity contribution in [3.63, 3.8) is 0 Å². The summed E-state index contributed by atoms with van der Waals surface area (Å²) >= 11 is 0. The zero-order chi connectivity index (χ0) is 15.7. The normalized spacial score (nSPS) is 21.4. The van der Waals surface area contributed by atoms with Gasteiger partial charge in [0.25, 0.3) is 5.91 Å². The average Bonchev–Trinajstić information content (AvgIpc) is 3.18. The summed E-state index contributed by atoms with van der Waals surface area (Å²) in [5.74, 6) is -1.27. The highest BCUT2D eigenvalue weighted by Crippen LogP contribution is 2.28. The van der Waals surface area contributed by atoms with E-state index in [9.17, 15) is 9.59 Å². The molecular weight excluding hydrogens is 280 g/mol. The number of rotatable bonds is 3. The molecule has 5 nitrogen and oxygen atoms in total. The van der Waals surface area contributed by atoms with Gasteiger partial charge < -0.3 is 14.9 Å². The van der Waals surface area contributed by atoms with E-state index >= 15 is 0 Å². The van der Waals surface area contributed by atoms with Crippen molar-refractivity contribution in [2.45, 2.75) is 26.2 Å². The van der Waals surface area contributed by atoms with Gasteiger partial charge in [-0.15, -0.1) is 0 Å². The molecule has 22 heavy (non-hydrogen) atoms. The molecule has 1 N–H and O–H groups in total. The quantitative estimate of drug-likeness (QED) is 0.929. The Hall–Kier alpha value is -2.04. The molecule has 0 aliphatic carbocycles. The number of carbonyl (C=O) groups excluding carboxylic acids is 1. The number of carboxylic acid groups (broad SMARTS) is 1. The number of amides is 1. The molecule has 0 saturated carbocycles. The van der Waals surface area contributed by atoms with Crippen LogP contribution in [-0.4, -0.2) is 48.1 Å². The zero-order valence-corrected chi connectivity index (χ0v) is 12.9. The lowest BCUT2D eigenvalue weighted by atomic mass is 10.1. The van der Waals surface area contributed by atoms with E-state index in [0.29, 0.717) is 25.1 Å². The SMILES string of the molecule is Cc1ccc(N2CCCC2)c(C(=O)N2CCC(C(=O)O)C2)c1. The Balaban J connectivity index is 1.85. The van der Waals surface area contributed by atoms with E-state index in [0.717, 1.165) is 37.2 Å². The summed E-state index contributed by atoms with van der Waals surface area (Å²) in [6.07, 6.45) is 2.87. The smallest absolute Gasteiger partial charge is 0.308 e. The van der Waals surface area contributed by atoms with Gasteiger partial charge in [0.2, 0.25) is 0 Å². The first-order valence-electron chi connectivity index (χ1n) is 7.94. The van der Waals surface area contributed by atoms with Gasteiger partial charge in [0, 0.05) is 31.9 Å². The van der Waals surface area contributed by atoms with E-state index in [2.05, 4.69) is 4.90 Å². The minimum Gasteiger partial charge on any atom is -0.481 e. The third-order valence-electron chi connectivity index (χ3n) is 4.65. The number of carboxylic acids is 1. The highest BCUT2D eigenvalue weighted by molar-refractivity contribution is 6.00. The van der Waals surface area contributed by atoms with Crippen LogP contribution in [0.25, 0.3) is 0 Å². The lowest BCUT2D eigenvalue weighted by Crippen LogP contribution is -2.32. The second kappa shape index (κ2) is 5.99. The number of aryl methyl sites for hydroxylation is 1. The van der Waals surface area contributed by atoms with Crippen molar-refractivity contribution in [1.82, 2.24) is 4.90 Å². The van der Waals surface area contributed by atoms with Crippen LogP contribution in [0.4, 0.5) is 5.69 Å². The monoisotopic (exact) mass is 302 g/mol. The number of nitrogens with zero attached hydrogens (tertiary/aromatic N) is 2. The standard InChI is InChI=1S/C17H22N2O3/c1-12-4-5-15(18-7-2-3-8-18)14(10-12)16(20)19-9-6-13(11-19)17(21)22/h4-5,10,13H,2-3,6-9,11H2,1H3,(H,21,22). The second-order valence-electron chi connectivity index (χ2n) is 6.29. The molecule has 0 aromatic heterocycles. The minimum atomic E-state index is -0.806. The molecule has 1 aromatic carbocycles. The summed E-state index contributed by atoms with van der Waals surface area (Å²) in [4.78, 5) is 27.9. The van der Waals surface area contributed by atoms with Gasteiger partial charge in [-0.3, -0.25) is 9.59 Å². The van der Waals surface area contributed by atoms with Crippen LogP contribution < -0.4 is 4.90 Å². The van der Waals surface area contributed by atoms with E-state index in [-0.39, 0.29) is 5.91 Å². The fourth-order valence-corrected chi connectivity index (χ4v) is 3.37. The molecule has 1 amide bonds. The van der Waals surface area contributed by atoms with E-state index in [4.69, 9.17) is 5.11 Å². The molecule has 1 atom stereocenters. The Labute approximate surface area is 130 Å². The van der Waals surface area contributed by atoms with Crippen molar-refractivity contribution in [2.24, 2.45) is 5.92 Å². The summed E-state index contributed by atoms with van der Waals surface area (Å²) < 4.78 is 0. The lowest BCUT2D eigenvalue weighted by Gasteiger charge is -2.24. The number of hydrogen-bond donors (Lipinski definition) is 1. The Morgan fingerprint density at radius 2 is 1.91 bits per heavy atom. The molecule has 118 valence electrons. The first-order chi connectivity index (χ1) is 10.6. The highest BCUT2D eigenvalue weighted by Gasteiger charge is 2.32. The molecule has 5 heteroatoms. The summed E-state index contributed by atoms with van der Waals surface area (Å²) in [6, 6.07) is 6.00. The number of hydrogen-bond acceptors (Lipinski definition) is 3. The molecule has 3 rings (SSSR count). The number of likely N-dealkylation sites (tertiary alicyclic amines) is 1. The van der Waals surface area contributed by atoms with Gasteiger partial charge in [-0.05, 0) is 38.3 Å². The molecule has 2 aliphatic rings. The van der Waals surface area contributed by atoms with Crippen LogP contribution in [0.5, 0.6) is 0 Å². The van der Waals surface area contributed by atoms with Gasteiger partial charge in [-0.25, -0.2) is 0 Å². The molecule has 0 spiro atoms. The maximum atomic E-state index is 12.9. The molecule has 2 aliphatic heterocycles. The fourth-order valence-electron chi connectivity index (χ4n) is 3.37. The third-order valence-corrected chi connectivity index (χ3v) is 4.65. The van der Waals surface area contributed by atoms with Crippen LogP contribution in [0.15, 0.2) is 18.2 Å². The van der Waals surface area contributed by atoms with E-state index < -0.39 is 11.9 Å². The molecular formula is C17H22N2O3. The van der Waals surface area contributed by atoms with Gasteiger partial charge >= 0.3 is 5.97 Å². The molecule has 2 saturated heterocycles. The van der Waals surface area contributed by atoms with Crippen LogP contribution in [0.2, 0.25) is 0 Å². The Kier molecular flexibility index (Phi) is 4.05. The van der Waals surface area contributed by atoms with Crippen molar-refractivity contribution in [3.8, 4) is 0 Å². The second-order valence-corrected chi connectivity index (χ2v) is 6.29. The minimum absolute atomic E-state index is 0.0330. The van der Waals surface area contributed by atoms with Gasteiger partial charge in [0.05, 0.1) is 11.5 Å². The van der Waals surface area contributed by atoms with Crippen LogP contribution in [0, 0.1) is 12.8 Å². The number of benzene rings is 1. The maximum absolute atomic E-state index is 12.9. The summed E-state index contributed by atoms with van der Waals surface area (Å²) in [5.41, 5.74) is 2.76. The number of carbonyl (C=O) groups is 2. The van der Waals surface area contributed by atoms with E-state index in [1.54, 1.807) is 4.90 Å². The van der Waals surface area contributed by atoms with Crippen LogP contribution in [0.3, 0.4) is 0 Å². The van der Waals surface area contributed by atoms with Crippen molar-refractivity contribution in [2.75, 3.05) is 31.1 Å². The molecule has 2 fully saturated rings. The Morgan fingerprint density at radius 3 is 2.55 bits per heavy atom. The predicted molar refractivity (Wildman–Crippen MR) is 84.3 cm³/mol. The average molecular weight is 302 g/mol. The van der Waals surface area contributed by atoms with E-state index in [1.165, 1.54) is 0 Å². The Morgan fingerprint density at radius 1 is 1.18 bits per heavy atom. The van der Waals surface area contributed by atoms with Gasteiger partial charge in [-0.2, -0.15) is 0 Å². The zero-order valence-electron chi connectivity index (χ0n) is 12.9. The predicted octanol–water partition coefficient (Wildman–Crippen LogP) is 2.14. The first-order valence-corrected chi connectivity index (χ1v) is 7.94. The van der Waals surface area contributed by atoms with Crippen LogP contribution in [0.1, 0.15) is 35.2 Å². The molecule has 1 unspecified atom stereocenters. The van der Waals surface area contributed by atoms with Crippen molar-refractivity contribution >= 4 is 17.6 Å². The molecule has 1 aromatic rings. The van der Waals surface area contributed by atoms with Gasteiger partial charge in [0.1, 0.15) is 0 Å². The maximum Gasteiger partial charge on any atom is 0.308 e. The molecule has 2 heterocycles. The topological polar surface area (TPSA) is 60.9 Å². The van der Waals surface area contributed by atoms with Gasteiger partial charge in [-0.1, -0.05) is 11.6 Å². The summed E-state index contributed by atoms with van der Waals surface area (Å²) in [5, 5.41) is 9.11. The van der Waals surface area contributed by atoms with Crippen LogP contribution >= 0.6 is 0 Å². The number of anilines is 1. The summed E-state index contributed by atoms with van der Waals surface area (Å²) in [6.45, 7) is 4.81.